The number of nitrogens with zero attached hydrogens (tertiary/aromatic N) is 3. The summed E-state index contributed by atoms with van der Waals surface area (Å²) in [6, 6.07) is 12.4. The molecule has 1 saturated heterocycles. The van der Waals surface area contributed by atoms with Crippen LogP contribution in [0.1, 0.15) is 11.1 Å². The van der Waals surface area contributed by atoms with Crippen molar-refractivity contribution in [1.29, 1.82) is 0 Å². The fraction of sp³-hybridized carbons (Fsp3) is 0.333. The van der Waals surface area contributed by atoms with Crippen molar-refractivity contribution in [3.05, 3.63) is 53.6 Å². The number of rotatable bonds is 4. The molecule has 1 fully saturated rings. The van der Waals surface area contributed by atoms with Crippen molar-refractivity contribution in [1.82, 2.24) is 9.88 Å². The summed E-state index contributed by atoms with van der Waals surface area (Å²) >= 11 is 1.66. The van der Waals surface area contributed by atoms with Crippen molar-refractivity contribution >= 4 is 42.4 Å². The normalized spacial score (nSPS) is 15.1. The van der Waals surface area contributed by atoms with Crippen LogP contribution in [0.25, 0.3) is 10.2 Å². The van der Waals surface area contributed by atoms with Gasteiger partial charge in [-0.25, -0.2) is 13.4 Å². The van der Waals surface area contributed by atoms with Crippen LogP contribution in [0.5, 0.6) is 0 Å². The molecule has 6 nitrogen and oxygen atoms in total. The molecular formula is C21H23N3O3S2. The third kappa shape index (κ3) is 4.00. The van der Waals surface area contributed by atoms with Gasteiger partial charge in [-0.05, 0) is 43.2 Å². The van der Waals surface area contributed by atoms with Gasteiger partial charge in [-0.15, -0.1) is 0 Å². The number of carbonyl (C=O) groups excluding carboxylic acids is 1. The van der Waals surface area contributed by atoms with E-state index >= 15 is 0 Å². The van der Waals surface area contributed by atoms with E-state index < -0.39 is 15.6 Å². The number of hydrogen-bond donors (Lipinski definition) is 0. The summed E-state index contributed by atoms with van der Waals surface area (Å²) in [6.45, 7) is 6.46. The van der Waals surface area contributed by atoms with Crippen molar-refractivity contribution in [3.63, 3.8) is 0 Å². The molecule has 0 atom stereocenters. The molecule has 29 heavy (non-hydrogen) atoms. The molecule has 1 aliphatic rings. The number of aromatic nitrogens is 1. The quantitative estimate of drug-likeness (QED) is 0.638. The molecule has 0 unspecified atom stereocenters. The topological polar surface area (TPSA) is 70.6 Å². The van der Waals surface area contributed by atoms with E-state index in [0.717, 1.165) is 15.3 Å². The van der Waals surface area contributed by atoms with Crippen molar-refractivity contribution in [2.24, 2.45) is 0 Å². The first-order chi connectivity index (χ1) is 13.8. The van der Waals surface area contributed by atoms with E-state index in [0.29, 0.717) is 26.2 Å². The number of benzene rings is 2. The molecule has 1 amide bonds. The summed E-state index contributed by atoms with van der Waals surface area (Å²) in [6.07, 6.45) is 0. The van der Waals surface area contributed by atoms with Gasteiger partial charge in [0.1, 0.15) is 5.75 Å². The smallest absolute Gasteiger partial charge is 0.238 e. The van der Waals surface area contributed by atoms with Gasteiger partial charge in [0, 0.05) is 26.2 Å². The van der Waals surface area contributed by atoms with Gasteiger partial charge in [0.05, 0.1) is 15.1 Å². The molecule has 0 saturated carbocycles. The van der Waals surface area contributed by atoms with Crippen molar-refractivity contribution in [2.45, 2.75) is 18.7 Å². The Morgan fingerprint density at radius 1 is 1.03 bits per heavy atom. The maximum atomic E-state index is 12.6. The number of carbonyl (C=O) groups is 1. The van der Waals surface area contributed by atoms with Gasteiger partial charge >= 0.3 is 0 Å². The summed E-state index contributed by atoms with van der Waals surface area (Å²) in [5.41, 5.74) is 3.46. The number of fused-ring (bicyclic) bond motifs is 1. The van der Waals surface area contributed by atoms with Crippen LogP contribution in [-0.2, 0) is 14.6 Å². The van der Waals surface area contributed by atoms with Crippen molar-refractivity contribution < 1.29 is 13.2 Å². The molecule has 8 heteroatoms. The van der Waals surface area contributed by atoms with Crippen molar-refractivity contribution in [3.8, 4) is 0 Å². The van der Waals surface area contributed by atoms with E-state index in [1.54, 1.807) is 34.4 Å². The highest BCUT2D eigenvalue weighted by Crippen LogP contribution is 2.32. The van der Waals surface area contributed by atoms with Crippen LogP contribution in [0.15, 0.2) is 47.4 Å². The Morgan fingerprint density at radius 3 is 2.41 bits per heavy atom. The van der Waals surface area contributed by atoms with E-state index in [2.05, 4.69) is 30.9 Å². The van der Waals surface area contributed by atoms with E-state index in [9.17, 15) is 13.2 Å². The summed E-state index contributed by atoms with van der Waals surface area (Å²) in [5, 5.41) is 0.956. The van der Waals surface area contributed by atoms with Crippen LogP contribution in [0, 0.1) is 13.8 Å². The number of thiazole rings is 1. The summed E-state index contributed by atoms with van der Waals surface area (Å²) in [7, 11) is -3.62. The first-order valence-electron chi connectivity index (χ1n) is 9.52. The first-order valence-corrected chi connectivity index (χ1v) is 12.0. The van der Waals surface area contributed by atoms with Crippen molar-refractivity contribution in [2.75, 3.05) is 36.8 Å². The SMILES string of the molecule is Cc1ccc2sc(N3CCN(C(=O)CS(=O)(=O)c4ccccc4)CC3)nc2c1C. The van der Waals surface area contributed by atoms with Gasteiger partial charge in [-0.2, -0.15) is 0 Å². The molecule has 2 heterocycles. The lowest BCUT2D eigenvalue weighted by atomic mass is 10.1. The number of aryl methyl sites for hydroxylation is 2. The minimum atomic E-state index is -3.62. The monoisotopic (exact) mass is 429 g/mol. The Kier molecular flexibility index (Phi) is 5.31. The minimum Gasteiger partial charge on any atom is -0.345 e. The molecule has 152 valence electrons. The van der Waals surface area contributed by atoms with E-state index in [1.165, 1.54) is 23.3 Å². The molecular weight excluding hydrogens is 406 g/mol. The van der Waals surface area contributed by atoms with Gasteiger partial charge in [0.15, 0.2) is 15.0 Å². The number of amides is 1. The van der Waals surface area contributed by atoms with Crippen LogP contribution in [-0.4, -0.2) is 56.1 Å². The number of anilines is 1. The molecule has 1 aromatic heterocycles. The van der Waals surface area contributed by atoms with Crippen LogP contribution >= 0.6 is 11.3 Å². The number of piperazine rings is 1. The fourth-order valence-corrected chi connectivity index (χ4v) is 5.78. The van der Waals surface area contributed by atoms with Crippen LogP contribution < -0.4 is 4.90 Å². The second-order valence-electron chi connectivity index (χ2n) is 7.29. The van der Waals surface area contributed by atoms with Gasteiger partial charge in [0.2, 0.25) is 5.91 Å². The zero-order valence-corrected chi connectivity index (χ0v) is 18.1. The van der Waals surface area contributed by atoms with E-state index in [-0.39, 0.29) is 10.8 Å². The minimum absolute atomic E-state index is 0.187. The maximum absolute atomic E-state index is 12.6. The van der Waals surface area contributed by atoms with Gasteiger partial charge < -0.3 is 9.80 Å². The highest BCUT2D eigenvalue weighted by Gasteiger charge is 2.27. The predicted octanol–water partition coefficient (Wildman–Crippen LogP) is 3.04. The Hall–Kier alpha value is -2.45. The lowest BCUT2D eigenvalue weighted by Gasteiger charge is -2.34. The molecule has 1 aliphatic heterocycles. The summed E-state index contributed by atoms with van der Waals surface area (Å²) in [5.74, 6) is -0.833. The molecule has 4 rings (SSSR count). The fourth-order valence-electron chi connectivity index (χ4n) is 3.46. The molecule has 2 aromatic carbocycles. The number of hydrogen-bond acceptors (Lipinski definition) is 6. The Morgan fingerprint density at radius 2 is 1.72 bits per heavy atom. The van der Waals surface area contributed by atoms with E-state index in [1.807, 2.05) is 0 Å². The molecule has 3 aromatic rings. The van der Waals surface area contributed by atoms with Crippen LogP contribution in [0.4, 0.5) is 5.13 Å². The zero-order chi connectivity index (χ0) is 20.6. The average Bonchev–Trinajstić information content (AvgIpc) is 3.16. The van der Waals surface area contributed by atoms with Crippen LogP contribution in [0.2, 0.25) is 0 Å². The molecule has 0 radical (unpaired) electrons. The lowest BCUT2D eigenvalue weighted by Crippen LogP contribution is -2.50. The summed E-state index contributed by atoms with van der Waals surface area (Å²) < 4.78 is 26.1. The molecule has 0 aliphatic carbocycles. The Balaban J connectivity index is 1.42. The Labute approximate surface area is 174 Å². The third-order valence-corrected chi connectivity index (χ3v) is 8.09. The average molecular weight is 430 g/mol. The first kappa shape index (κ1) is 19.8. The highest BCUT2D eigenvalue weighted by molar-refractivity contribution is 7.92. The van der Waals surface area contributed by atoms with Crippen LogP contribution in [0.3, 0.4) is 0 Å². The zero-order valence-electron chi connectivity index (χ0n) is 16.5. The lowest BCUT2D eigenvalue weighted by molar-refractivity contribution is -0.128. The molecule has 0 bridgehead atoms. The standard InChI is InChI=1S/C21H23N3O3S2/c1-15-8-9-18-20(16(15)2)22-21(28-18)24-12-10-23(11-13-24)19(25)14-29(26,27)17-6-4-3-5-7-17/h3-9H,10-14H2,1-2H3. The summed E-state index contributed by atoms with van der Waals surface area (Å²) in [4.78, 5) is 21.4. The predicted molar refractivity (Wildman–Crippen MR) is 116 cm³/mol. The molecule has 0 N–H and O–H groups in total. The maximum Gasteiger partial charge on any atom is 0.238 e. The third-order valence-electron chi connectivity index (χ3n) is 5.39. The number of sulfone groups is 1. The Bertz CT molecular complexity index is 1150. The van der Waals surface area contributed by atoms with Gasteiger partial charge in [-0.3, -0.25) is 4.79 Å². The second-order valence-corrected chi connectivity index (χ2v) is 10.3. The van der Waals surface area contributed by atoms with E-state index in [4.69, 9.17) is 4.98 Å². The second kappa shape index (κ2) is 7.76. The van der Waals surface area contributed by atoms with Gasteiger partial charge in [-0.1, -0.05) is 35.6 Å². The highest BCUT2D eigenvalue weighted by atomic mass is 32.2. The molecule has 0 spiro atoms. The largest absolute Gasteiger partial charge is 0.345 e. The van der Waals surface area contributed by atoms with Gasteiger partial charge in [0.25, 0.3) is 0 Å².